The molecule has 0 aliphatic carbocycles. The van der Waals surface area contributed by atoms with Crippen LogP contribution in [0.25, 0.3) is 0 Å². The van der Waals surface area contributed by atoms with Crippen molar-refractivity contribution >= 4 is 33.2 Å². The zero-order chi connectivity index (χ0) is 10.0. The van der Waals surface area contributed by atoms with Crippen molar-refractivity contribution in [3.63, 3.8) is 0 Å². The summed E-state index contributed by atoms with van der Waals surface area (Å²) in [7, 11) is 0. The fourth-order valence-electron chi connectivity index (χ4n) is 0.807. The van der Waals surface area contributed by atoms with E-state index in [1.165, 1.54) is 0 Å². The fourth-order valence-corrected chi connectivity index (χ4v) is 1.46. The first-order chi connectivity index (χ1) is 6.06. The van der Waals surface area contributed by atoms with Crippen LogP contribution < -0.4 is 5.73 Å². The molecule has 0 aliphatic rings. The second-order valence-electron chi connectivity index (χ2n) is 2.32. The Bertz CT molecular complexity index is 320. The largest absolute Gasteiger partial charge is 0.396 e. The zero-order valence-corrected chi connectivity index (χ0v) is 8.74. The lowest BCUT2D eigenvalue weighted by atomic mass is 10.3. The van der Waals surface area contributed by atoms with E-state index < -0.39 is 6.43 Å². The van der Waals surface area contributed by atoms with Crippen molar-refractivity contribution in [2.24, 2.45) is 0 Å². The van der Waals surface area contributed by atoms with Gasteiger partial charge in [-0.15, -0.1) is 0 Å². The van der Waals surface area contributed by atoms with Crippen LogP contribution in [0.5, 0.6) is 0 Å². The molecule has 1 aromatic rings. The second kappa shape index (κ2) is 4.19. The van der Waals surface area contributed by atoms with E-state index in [9.17, 15) is 8.78 Å². The first kappa shape index (κ1) is 10.7. The molecule has 2 N–H and O–H groups in total. The summed E-state index contributed by atoms with van der Waals surface area (Å²) in [5.41, 5.74) is 5.71. The van der Waals surface area contributed by atoms with Gasteiger partial charge in [0.1, 0.15) is 5.69 Å². The highest BCUT2D eigenvalue weighted by Gasteiger charge is 2.14. The number of anilines is 1. The number of alkyl halides is 3. The van der Waals surface area contributed by atoms with Gasteiger partial charge in [0, 0.05) is 5.33 Å². The van der Waals surface area contributed by atoms with Crippen LogP contribution in [-0.4, -0.2) is 4.98 Å². The van der Waals surface area contributed by atoms with E-state index in [4.69, 9.17) is 17.3 Å². The molecule has 0 aliphatic heterocycles. The van der Waals surface area contributed by atoms with Crippen molar-refractivity contribution in [2.75, 3.05) is 5.73 Å². The summed E-state index contributed by atoms with van der Waals surface area (Å²) < 4.78 is 24.4. The van der Waals surface area contributed by atoms with E-state index in [0.717, 1.165) is 6.07 Å². The predicted octanol–water partition coefficient (Wildman–Crippen LogP) is 3.15. The number of hydrogen-bond acceptors (Lipinski definition) is 2. The Hall–Kier alpha value is -0.420. The van der Waals surface area contributed by atoms with Crippen LogP contribution in [0.4, 0.5) is 14.5 Å². The fraction of sp³-hybridized carbons (Fsp3) is 0.286. The molecule has 0 amide bonds. The average molecular weight is 271 g/mol. The van der Waals surface area contributed by atoms with E-state index in [2.05, 4.69) is 20.9 Å². The van der Waals surface area contributed by atoms with Gasteiger partial charge in [0.25, 0.3) is 6.43 Å². The third-order valence-electron chi connectivity index (χ3n) is 1.46. The highest BCUT2D eigenvalue weighted by atomic mass is 79.9. The number of nitrogens with two attached hydrogens (primary N) is 1. The average Bonchev–Trinajstić information content (AvgIpc) is 2.09. The summed E-state index contributed by atoms with van der Waals surface area (Å²) in [5, 5.41) is 0.416. The highest BCUT2D eigenvalue weighted by Crippen LogP contribution is 2.28. The van der Waals surface area contributed by atoms with Gasteiger partial charge in [-0.2, -0.15) is 0 Å². The molecule has 2 nitrogen and oxygen atoms in total. The number of nitrogens with zero attached hydrogens (tertiary/aromatic N) is 1. The van der Waals surface area contributed by atoms with Crippen LogP contribution in [0.1, 0.15) is 17.8 Å². The summed E-state index contributed by atoms with van der Waals surface area (Å²) in [6.07, 6.45) is -2.63. The van der Waals surface area contributed by atoms with Crippen molar-refractivity contribution in [2.45, 2.75) is 11.8 Å². The number of hydrogen-bond donors (Lipinski definition) is 1. The van der Waals surface area contributed by atoms with Gasteiger partial charge in [-0.05, 0) is 6.07 Å². The summed E-state index contributed by atoms with van der Waals surface area (Å²) in [6.45, 7) is 0. The van der Waals surface area contributed by atoms with Gasteiger partial charge in [-0.25, -0.2) is 13.8 Å². The number of aromatic nitrogens is 1. The molecule has 0 bridgehead atoms. The standard InChI is InChI=1S/C7H6BrClF2N2/c8-2-5-6(12)3(9)1-4(13-5)7(10)11/h1,7H,2,12H2. The minimum Gasteiger partial charge on any atom is -0.396 e. The molecule has 0 saturated heterocycles. The molecule has 0 saturated carbocycles. The van der Waals surface area contributed by atoms with Crippen LogP contribution in [0.15, 0.2) is 6.07 Å². The predicted molar refractivity (Wildman–Crippen MR) is 51.2 cm³/mol. The smallest absolute Gasteiger partial charge is 0.280 e. The van der Waals surface area contributed by atoms with E-state index >= 15 is 0 Å². The molecular weight excluding hydrogens is 265 g/mol. The van der Waals surface area contributed by atoms with Crippen LogP contribution in [0, 0.1) is 0 Å². The van der Waals surface area contributed by atoms with E-state index in [1.54, 1.807) is 0 Å². The summed E-state index contributed by atoms with van der Waals surface area (Å²) in [5.74, 6) is 0. The molecule has 72 valence electrons. The van der Waals surface area contributed by atoms with Gasteiger partial charge in [0.05, 0.1) is 16.4 Å². The molecule has 1 aromatic heterocycles. The van der Waals surface area contributed by atoms with Gasteiger partial charge < -0.3 is 5.73 Å². The SMILES string of the molecule is Nc1c(Cl)cc(C(F)F)nc1CBr. The summed E-state index contributed by atoms with van der Waals surface area (Å²) in [6, 6.07) is 1.08. The van der Waals surface area contributed by atoms with Crippen molar-refractivity contribution in [1.82, 2.24) is 4.98 Å². The molecular formula is C7H6BrClF2N2. The molecule has 0 fully saturated rings. The number of pyridine rings is 1. The lowest BCUT2D eigenvalue weighted by molar-refractivity contribution is 0.146. The molecule has 0 atom stereocenters. The van der Waals surface area contributed by atoms with E-state index in [1.807, 2.05) is 0 Å². The van der Waals surface area contributed by atoms with Crippen molar-refractivity contribution in [3.05, 3.63) is 22.5 Å². The monoisotopic (exact) mass is 270 g/mol. The van der Waals surface area contributed by atoms with Crippen molar-refractivity contribution in [1.29, 1.82) is 0 Å². The molecule has 6 heteroatoms. The molecule has 0 radical (unpaired) electrons. The first-order valence-corrected chi connectivity index (χ1v) is 4.85. The molecule has 0 spiro atoms. The highest BCUT2D eigenvalue weighted by molar-refractivity contribution is 9.08. The first-order valence-electron chi connectivity index (χ1n) is 3.35. The normalized spacial score (nSPS) is 10.8. The number of rotatable bonds is 2. The van der Waals surface area contributed by atoms with Crippen molar-refractivity contribution in [3.8, 4) is 0 Å². The second-order valence-corrected chi connectivity index (χ2v) is 3.29. The third kappa shape index (κ3) is 2.28. The van der Waals surface area contributed by atoms with Crippen LogP contribution in [0.2, 0.25) is 5.02 Å². The lowest BCUT2D eigenvalue weighted by Crippen LogP contribution is -2.00. The van der Waals surface area contributed by atoms with Crippen LogP contribution >= 0.6 is 27.5 Å². The number of halogens is 4. The molecule has 13 heavy (non-hydrogen) atoms. The van der Waals surface area contributed by atoms with Crippen LogP contribution in [0.3, 0.4) is 0 Å². The van der Waals surface area contributed by atoms with Gasteiger partial charge in [0.2, 0.25) is 0 Å². The van der Waals surface area contributed by atoms with Crippen molar-refractivity contribution < 1.29 is 8.78 Å². The Balaban J connectivity index is 3.22. The molecule has 1 heterocycles. The Kier molecular flexibility index (Phi) is 3.44. The molecule has 1 rings (SSSR count). The minimum atomic E-state index is -2.63. The quantitative estimate of drug-likeness (QED) is 0.839. The van der Waals surface area contributed by atoms with E-state index in [-0.39, 0.29) is 16.4 Å². The maximum atomic E-state index is 12.2. The summed E-state index contributed by atoms with van der Waals surface area (Å²) >= 11 is 8.70. The van der Waals surface area contributed by atoms with Gasteiger partial charge in [0.15, 0.2) is 0 Å². The molecule has 0 aromatic carbocycles. The third-order valence-corrected chi connectivity index (χ3v) is 2.30. The minimum absolute atomic E-state index is 0.111. The van der Waals surface area contributed by atoms with Gasteiger partial charge >= 0.3 is 0 Å². The Morgan fingerprint density at radius 1 is 1.62 bits per heavy atom. The van der Waals surface area contributed by atoms with Gasteiger partial charge in [-0.3, -0.25) is 0 Å². The Labute approximate surface area is 87.2 Å². The van der Waals surface area contributed by atoms with Gasteiger partial charge in [-0.1, -0.05) is 27.5 Å². The Morgan fingerprint density at radius 2 is 2.23 bits per heavy atom. The topological polar surface area (TPSA) is 38.9 Å². The maximum Gasteiger partial charge on any atom is 0.280 e. The lowest BCUT2D eigenvalue weighted by Gasteiger charge is -2.06. The van der Waals surface area contributed by atoms with E-state index in [0.29, 0.717) is 11.0 Å². The Morgan fingerprint density at radius 3 is 2.69 bits per heavy atom. The van der Waals surface area contributed by atoms with Crippen LogP contribution in [-0.2, 0) is 5.33 Å². The summed E-state index contributed by atoms with van der Waals surface area (Å²) in [4.78, 5) is 3.64. The maximum absolute atomic E-state index is 12.2. The molecule has 0 unspecified atom stereocenters. The number of nitrogen functional groups attached to an aromatic ring is 1. The zero-order valence-electron chi connectivity index (χ0n) is 6.40.